The first-order chi connectivity index (χ1) is 13.2. The zero-order chi connectivity index (χ0) is 21.7. The fraction of sp³-hybridized carbons (Fsp3) is 0.727. The van der Waals surface area contributed by atoms with E-state index < -0.39 is 17.8 Å². The van der Waals surface area contributed by atoms with Crippen LogP contribution in [-0.4, -0.2) is 44.6 Å². The summed E-state index contributed by atoms with van der Waals surface area (Å²) in [6.45, 7) is 22.3. The van der Waals surface area contributed by atoms with E-state index in [0.717, 1.165) is 16.6 Å². The molecule has 0 unspecified atom stereocenters. The lowest BCUT2D eigenvalue weighted by atomic mass is 10.3. The van der Waals surface area contributed by atoms with Crippen LogP contribution >= 0.6 is 0 Å². The maximum atomic E-state index is 5.22. The lowest BCUT2D eigenvalue weighted by Gasteiger charge is -2.50. The number of anilines is 1. The zero-order valence-electron chi connectivity index (χ0n) is 20.0. The van der Waals surface area contributed by atoms with E-state index in [4.69, 9.17) is 13.3 Å². The monoisotopic (exact) mass is 427 g/mol. The molecule has 1 aromatic rings. The Morgan fingerprint density at radius 1 is 0.750 bits per heavy atom. The van der Waals surface area contributed by atoms with E-state index in [1.807, 2.05) is 20.8 Å². The summed E-state index contributed by atoms with van der Waals surface area (Å²) >= 11 is 0. The standard InChI is InChI=1S/C16H29NSi.C6H16O3Si/c1-13(2)18(14(3)4,15(5)6)17(7)16-11-9-8-10-12-16;1-4-7-10(8-5-2)9-6-3/h8-15H,1-7H3;10H,4-6H2,1-3H3. The van der Waals surface area contributed by atoms with Crippen molar-refractivity contribution in [3.05, 3.63) is 30.3 Å². The molecular weight excluding hydrogens is 382 g/mol. The summed E-state index contributed by atoms with van der Waals surface area (Å²) in [5.74, 6) is 0. The summed E-state index contributed by atoms with van der Waals surface area (Å²) in [6.07, 6.45) is 0. The Bertz CT molecular complexity index is 462. The number of benzene rings is 1. The fourth-order valence-corrected chi connectivity index (χ4v) is 12.6. The van der Waals surface area contributed by atoms with E-state index >= 15 is 0 Å². The molecule has 1 aromatic carbocycles. The van der Waals surface area contributed by atoms with Crippen LogP contribution in [0.25, 0.3) is 0 Å². The molecule has 0 fully saturated rings. The maximum absolute atomic E-state index is 5.22. The van der Waals surface area contributed by atoms with Gasteiger partial charge in [0.05, 0.1) is 0 Å². The molecule has 0 saturated heterocycles. The molecule has 0 aliphatic heterocycles. The van der Waals surface area contributed by atoms with E-state index in [2.05, 4.69) is 83.5 Å². The van der Waals surface area contributed by atoms with Crippen molar-refractivity contribution in [3.8, 4) is 0 Å². The molecule has 0 aliphatic carbocycles. The lowest BCUT2D eigenvalue weighted by Crippen LogP contribution is -2.59. The second kappa shape index (κ2) is 14.3. The molecule has 0 spiro atoms. The van der Waals surface area contributed by atoms with Gasteiger partial charge in [0.2, 0.25) is 0 Å². The van der Waals surface area contributed by atoms with Crippen LogP contribution in [0.4, 0.5) is 5.69 Å². The van der Waals surface area contributed by atoms with Crippen LogP contribution in [0.3, 0.4) is 0 Å². The topological polar surface area (TPSA) is 30.9 Å². The molecule has 0 radical (unpaired) electrons. The third-order valence-corrected chi connectivity index (χ3v) is 14.2. The molecule has 0 atom stereocenters. The summed E-state index contributed by atoms with van der Waals surface area (Å²) in [4.78, 5) is 0. The Morgan fingerprint density at radius 2 is 1.11 bits per heavy atom. The molecule has 0 aromatic heterocycles. The van der Waals surface area contributed by atoms with Crippen molar-refractivity contribution in [2.75, 3.05) is 31.4 Å². The smallest absolute Gasteiger partial charge is 0.399 e. The first-order valence-corrected chi connectivity index (χ1v) is 14.4. The van der Waals surface area contributed by atoms with Gasteiger partial charge in [-0.05, 0) is 56.6 Å². The predicted octanol–water partition coefficient (Wildman–Crippen LogP) is 6.11. The quantitative estimate of drug-likeness (QED) is 0.399. The highest BCUT2D eigenvalue weighted by Gasteiger charge is 2.47. The molecule has 0 N–H and O–H groups in total. The average molecular weight is 428 g/mol. The first-order valence-electron chi connectivity index (χ1n) is 10.8. The fourth-order valence-electron chi connectivity index (χ4n) is 4.59. The summed E-state index contributed by atoms with van der Waals surface area (Å²) in [7, 11) is -0.965. The van der Waals surface area contributed by atoms with E-state index in [1.54, 1.807) is 0 Å². The van der Waals surface area contributed by atoms with Gasteiger partial charge in [0.1, 0.15) is 0 Å². The second-order valence-corrected chi connectivity index (χ2v) is 15.4. The molecule has 164 valence electrons. The SMILES string of the molecule is CC(C)[Si](C(C)C)(C(C)C)N(C)c1ccccc1.CCO[SiH](OCC)OCC. The van der Waals surface area contributed by atoms with Gasteiger partial charge in [0.15, 0.2) is 8.24 Å². The number of hydrogen-bond acceptors (Lipinski definition) is 4. The molecule has 0 amide bonds. The predicted molar refractivity (Wildman–Crippen MR) is 128 cm³/mol. The van der Waals surface area contributed by atoms with Crippen LogP contribution in [-0.2, 0) is 13.3 Å². The van der Waals surface area contributed by atoms with E-state index in [-0.39, 0.29) is 0 Å². The molecule has 6 heteroatoms. The van der Waals surface area contributed by atoms with Gasteiger partial charge < -0.3 is 17.8 Å². The molecule has 0 aliphatic rings. The van der Waals surface area contributed by atoms with E-state index in [9.17, 15) is 0 Å². The molecule has 0 heterocycles. The van der Waals surface area contributed by atoms with Crippen molar-refractivity contribution < 1.29 is 13.3 Å². The van der Waals surface area contributed by atoms with Gasteiger partial charge in [0, 0.05) is 25.5 Å². The zero-order valence-corrected chi connectivity index (χ0v) is 22.1. The van der Waals surface area contributed by atoms with Gasteiger partial charge in [-0.15, -0.1) is 0 Å². The van der Waals surface area contributed by atoms with E-state index in [0.29, 0.717) is 19.8 Å². The van der Waals surface area contributed by atoms with Crippen molar-refractivity contribution >= 4 is 23.5 Å². The molecule has 4 nitrogen and oxygen atoms in total. The number of hydrogen-bond donors (Lipinski definition) is 0. The summed E-state index contributed by atoms with van der Waals surface area (Å²) < 4.78 is 18.3. The maximum Gasteiger partial charge on any atom is 0.484 e. The van der Waals surface area contributed by atoms with Crippen molar-refractivity contribution in [3.63, 3.8) is 0 Å². The van der Waals surface area contributed by atoms with Gasteiger partial charge in [-0.25, -0.2) is 0 Å². The third kappa shape index (κ3) is 7.63. The number of nitrogens with zero attached hydrogens (tertiary/aromatic N) is 1. The third-order valence-electron chi connectivity index (χ3n) is 5.41. The van der Waals surface area contributed by atoms with Crippen LogP contribution in [0.2, 0.25) is 16.6 Å². The van der Waals surface area contributed by atoms with Crippen molar-refractivity contribution in [2.24, 2.45) is 0 Å². The van der Waals surface area contributed by atoms with Crippen LogP contribution in [0.1, 0.15) is 62.3 Å². The Labute approximate surface area is 177 Å². The van der Waals surface area contributed by atoms with E-state index in [1.165, 1.54) is 5.69 Å². The highest BCUT2D eigenvalue weighted by Crippen LogP contribution is 2.44. The average Bonchev–Trinajstić information content (AvgIpc) is 2.63. The first kappa shape index (κ1) is 27.3. The van der Waals surface area contributed by atoms with Crippen LogP contribution in [0.15, 0.2) is 30.3 Å². The Morgan fingerprint density at radius 3 is 1.39 bits per heavy atom. The van der Waals surface area contributed by atoms with Gasteiger partial charge in [-0.3, -0.25) is 0 Å². The second-order valence-electron chi connectivity index (χ2n) is 7.90. The minimum atomic E-state index is -1.73. The molecule has 1 rings (SSSR count). The number of rotatable bonds is 11. The summed E-state index contributed by atoms with van der Waals surface area (Å²) in [5.41, 5.74) is 3.63. The van der Waals surface area contributed by atoms with Crippen LogP contribution < -0.4 is 4.57 Å². The summed E-state index contributed by atoms with van der Waals surface area (Å²) in [5, 5.41) is 0. The highest BCUT2D eigenvalue weighted by atomic mass is 28.3. The van der Waals surface area contributed by atoms with Gasteiger partial charge in [0.25, 0.3) is 0 Å². The van der Waals surface area contributed by atoms with Crippen LogP contribution in [0.5, 0.6) is 0 Å². The minimum Gasteiger partial charge on any atom is -0.399 e. The Kier molecular flexibility index (Phi) is 14.0. The molecule has 28 heavy (non-hydrogen) atoms. The van der Waals surface area contributed by atoms with Crippen molar-refractivity contribution in [1.29, 1.82) is 0 Å². The molecule has 0 saturated carbocycles. The number of para-hydroxylation sites is 1. The van der Waals surface area contributed by atoms with Gasteiger partial charge in [-0.1, -0.05) is 59.7 Å². The molecule has 0 bridgehead atoms. The van der Waals surface area contributed by atoms with Gasteiger partial charge >= 0.3 is 9.53 Å². The normalized spacial score (nSPS) is 11.9. The Balaban J connectivity index is 0.000000621. The Hall–Kier alpha value is -0.666. The summed E-state index contributed by atoms with van der Waals surface area (Å²) in [6, 6.07) is 10.9. The van der Waals surface area contributed by atoms with Gasteiger partial charge in [-0.2, -0.15) is 0 Å². The van der Waals surface area contributed by atoms with Crippen molar-refractivity contribution in [2.45, 2.75) is 78.9 Å². The lowest BCUT2D eigenvalue weighted by molar-refractivity contribution is 0.107. The van der Waals surface area contributed by atoms with Crippen LogP contribution in [0, 0.1) is 0 Å². The minimum absolute atomic E-state index is 0.677. The molecular formula is C22H45NO3Si2. The largest absolute Gasteiger partial charge is 0.484 e. The van der Waals surface area contributed by atoms with Crippen molar-refractivity contribution in [1.82, 2.24) is 0 Å². The highest BCUT2D eigenvalue weighted by molar-refractivity contribution is 6.86.